The molecule has 0 unspecified atom stereocenters. The van der Waals surface area contributed by atoms with E-state index in [1.54, 1.807) is 7.11 Å². The van der Waals surface area contributed by atoms with E-state index < -0.39 is 0 Å². The number of carbonyl (C=O) groups excluding carboxylic acids is 1. The van der Waals surface area contributed by atoms with E-state index in [9.17, 15) is 4.79 Å². The maximum atomic E-state index is 12.4. The summed E-state index contributed by atoms with van der Waals surface area (Å²) in [5.41, 5.74) is 2.18. The van der Waals surface area contributed by atoms with Crippen LogP contribution in [0.3, 0.4) is 0 Å². The molecule has 1 atom stereocenters. The average molecular weight is 425 g/mol. The second-order valence-corrected chi connectivity index (χ2v) is 8.35. The Balaban J connectivity index is 1.62. The lowest BCUT2D eigenvalue weighted by Gasteiger charge is -2.15. The fraction of sp³-hybridized carbons (Fsp3) is 0.348. The molecule has 1 aromatic heterocycles. The molecule has 0 aliphatic rings. The molecule has 0 saturated carbocycles. The molecule has 0 radical (unpaired) electrons. The smallest absolute Gasteiger partial charge is 0.230 e. The van der Waals surface area contributed by atoms with Crippen LogP contribution in [0.4, 0.5) is 0 Å². The quantitative estimate of drug-likeness (QED) is 0.511. The first-order chi connectivity index (χ1) is 14.5. The highest BCUT2D eigenvalue weighted by Gasteiger charge is 2.18. The Morgan fingerprint density at radius 1 is 1.07 bits per heavy atom. The van der Waals surface area contributed by atoms with Crippen LogP contribution in [-0.2, 0) is 4.79 Å². The van der Waals surface area contributed by atoms with Crippen molar-refractivity contribution >= 4 is 17.7 Å². The molecule has 3 rings (SSSR count). The maximum absolute atomic E-state index is 12.4. The molecule has 7 heteroatoms. The number of amides is 1. The number of ether oxygens (including phenoxy) is 1. The van der Waals surface area contributed by atoms with Gasteiger partial charge in [0.05, 0.1) is 12.9 Å². The minimum absolute atomic E-state index is 0.00733. The molecule has 0 bridgehead atoms. The van der Waals surface area contributed by atoms with Gasteiger partial charge in [0.2, 0.25) is 5.91 Å². The van der Waals surface area contributed by atoms with Gasteiger partial charge in [-0.05, 0) is 49.6 Å². The Hall–Kier alpha value is -2.80. The lowest BCUT2D eigenvalue weighted by Crippen LogP contribution is -2.29. The van der Waals surface area contributed by atoms with Crippen molar-refractivity contribution in [1.29, 1.82) is 0 Å². The summed E-state index contributed by atoms with van der Waals surface area (Å²) in [5, 5.41) is 12.5. The first kappa shape index (κ1) is 21.9. The molecule has 0 aliphatic carbocycles. The normalized spacial score (nSPS) is 12.0. The summed E-state index contributed by atoms with van der Waals surface area (Å²) in [6.45, 7) is 6.89. The van der Waals surface area contributed by atoms with Crippen molar-refractivity contribution in [2.75, 3.05) is 19.4 Å². The van der Waals surface area contributed by atoms with Crippen molar-refractivity contribution in [2.45, 2.75) is 37.9 Å². The molecule has 0 saturated heterocycles. The summed E-state index contributed by atoms with van der Waals surface area (Å²) in [4.78, 5) is 12.4. The summed E-state index contributed by atoms with van der Waals surface area (Å²) in [6.07, 6.45) is 0. The minimum Gasteiger partial charge on any atom is -0.497 e. The fourth-order valence-electron chi connectivity index (χ4n) is 3.13. The molecule has 158 valence electrons. The monoisotopic (exact) mass is 424 g/mol. The Kier molecular flexibility index (Phi) is 7.52. The number of hydrogen-bond donors (Lipinski definition) is 1. The molecule has 2 aromatic carbocycles. The summed E-state index contributed by atoms with van der Waals surface area (Å²) in [6, 6.07) is 18.1. The summed E-state index contributed by atoms with van der Waals surface area (Å²) in [7, 11) is 1.64. The van der Waals surface area contributed by atoms with Crippen molar-refractivity contribution in [2.24, 2.45) is 0 Å². The number of hydrogen-bond acceptors (Lipinski definition) is 5. The predicted molar refractivity (Wildman–Crippen MR) is 121 cm³/mol. The van der Waals surface area contributed by atoms with Crippen molar-refractivity contribution in [3.8, 4) is 17.1 Å². The zero-order valence-electron chi connectivity index (χ0n) is 17.8. The number of nitrogens with zero attached hydrogens (tertiary/aromatic N) is 3. The van der Waals surface area contributed by atoms with Gasteiger partial charge in [-0.25, -0.2) is 0 Å². The van der Waals surface area contributed by atoms with Crippen molar-refractivity contribution in [3.05, 3.63) is 60.2 Å². The van der Waals surface area contributed by atoms with Crippen LogP contribution in [0.5, 0.6) is 5.75 Å². The van der Waals surface area contributed by atoms with Crippen LogP contribution >= 0.6 is 11.8 Å². The Bertz CT molecular complexity index is 955. The van der Waals surface area contributed by atoms with E-state index in [1.165, 1.54) is 17.3 Å². The highest BCUT2D eigenvalue weighted by Crippen LogP contribution is 2.28. The third-order valence-electron chi connectivity index (χ3n) is 4.84. The number of carbonyl (C=O) groups is 1. The largest absolute Gasteiger partial charge is 0.497 e. The number of thioether (sulfide) groups is 1. The molecule has 0 spiro atoms. The van der Waals surface area contributed by atoms with E-state index in [-0.39, 0.29) is 17.9 Å². The number of aromatic nitrogens is 3. The standard InChI is InChI=1S/C23H28N4O2S/c1-16(2)27-22(19-10-12-20(29-4)13-11-19)25-26-23(27)30-15-21(28)24-14-17(3)18-8-6-5-7-9-18/h5-13,16-17H,14-15H2,1-4H3,(H,24,28)/t17-/m0/s1. The Morgan fingerprint density at radius 3 is 2.40 bits per heavy atom. The van der Waals surface area contributed by atoms with E-state index in [4.69, 9.17) is 4.74 Å². The van der Waals surface area contributed by atoms with Crippen LogP contribution in [0.1, 0.15) is 38.3 Å². The van der Waals surface area contributed by atoms with Crippen LogP contribution in [0.15, 0.2) is 59.8 Å². The molecule has 3 aromatic rings. The fourth-order valence-corrected chi connectivity index (χ4v) is 4.02. The topological polar surface area (TPSA) is 69.0 Å². The third kappa shape index (κ3) is 5.42. The molecule has 0 aliphatic heterocycles. The van der Waals surface area contributed by atoms with Crippen LogP contribution in [-0.4, -0.2) is 40.1 Å². The molecular formula is C23H28N4O2S. The van der Waals surface area contributed by atoms with Crippen molar-refractivity contribution in [1.82, 2.24) is 20.1 Å². The van der Waals surface area contributed by atoms with Crippen molar-refractivity contribution in [3.63, 3.8) is 0 Å². The first-order valence-corrected chi connectivity index (χ1v) is 11.0. The van der Waals surface area contributed by atoms with E-state index in [2.05, 4.69) is 53.0 Å². The van der Waals surface area contributed by atoms with Gasteiger partial charge in [0.25, 0.3) is 0 Å². The van der Waals surface area contributed by atoms with Gasteiger partial charge < -0.3 is 10.1 Å². The van der Waals surface area contributed by atoms with Gasteiger partial charge in [-0.15, -0.1) is 10.2 Å². The molecule has 1 N–H and O–H groups in total. The molecule has 30 heavy (non-hydrogen) atoms. The highest BCUT2D eigenvalue weighted by molar-refractivity contribution is 7.99. The number of benzene rings is 2. The highest BCUT2D eigenvalue weighted by atomic mass is 32.2. The van der Waals surface area contributed by atoms with Gasteiger partial charge in [0, 0.05) is 18.2 Å². The zero-order chi connectivity index (χ0) is 21.5. The molecule has 1 heterocycles. The SMILES string of the molecule is COc1ccc(-c2nnc(SCC(=O)NC[C@H](C)c3ccccc3)n2C(C)C)cc1. The van der Waals surface area contributed by atoms with Crippen molar-refractivity contribution < 1.29 is 9.53 Å². The first-order valence-electron chi connectivity index (χ1n) is 10.0. The second-order valence-electron chi connectivity index (χ2n) is 7.40. The zero-order valence-corrected chi connectivity index (χ0v) is 18.6. The lowest BCUT2D eigenvalue weighted by atomic mass is 10.0. The lowest BCUT2D eigenvalue weighted by molar-refractivity contribution is -0.118. The van der Waals surface area contributed by atoms with E-state index in [1.807, 2.05) is 42.5 Å². The number of methoxy groups -OCH3 is 1. The summed E-state index contributed by atoms with van der Waals surface area (Å²) < 4.78 is 7.29. The number of nitrogens with one attached hydrogen (secondary N) is 1. The summed E-state index contributed by atoms with van der Waals surface area (Å²) >= 11 is 1.41. The predicted octanol–water partition coefficient (Wildman–Crippen LogP) is 4.55. The summed E-state index contributed by atoms with van der Waals surface area (Å²) in [5.74, 6) is 2.14. The van der Waals surface area contributed by atoms with Crippen LogP contribution in [0.2, 0.25) is 0 Å². The third-order valence-corrected chi connectivity index (χ3v) is 5.78. The molecule has 6 nitrogen and oxygen atoms in total. The number of rotatable bonds is 9. The van der Waals surface area contributed by atoms with Crippen LogP contribution in [0, 0.1) is 0 Å². The Morgan fingerprint density at radius 2 is 1.77 bits per heavy atom. The molecule has 1 amide bonds. The van der Waals surface area contributed by atoms with E-state index in [0.29, 0.717) is 12.3 Å². The van der Waals surface area contributed by atoms with Crippen LogP contribution < -0.4 is 10.1 Å². The van der Waals surface area contributed by atoms with Gasteiger partial charge in [0.1, 0.15) is 5.75 Å². The second kappa shape index (κ2) is 10.3. The van der Waals surface area contributed by atoms with Gasteiger partial charge in [-0.3, -0.25) is 9.36 Å². The molecular weight excluding hydrogens is 396 g/mol. The van der Waals surface area contributed by atoms with Gasteiger partial charge >= 0.3 is 0 Å². The maximum Gasteiger partial charge on any atom is 0.230 e. The van der Waals surface area contributed by atoms with Gasteiger partial charge in [-0.2, -0.15) is 0 Å². The van der Waals surface area contributed by atoms with Gasteiger partial charge in [0.15, 0.2) is 11.0 Å². The molecule has 0 fully saturated rings. The van der Waals surface area contributed by atoms with E-state index in [0.717, 1.165) is 22.3 Å². The van der Waals surface area contributed by atoms with E-state index >= 15 is 0 Å². The minimum atomic E-state index is -0.00733. The Labute approximate surface area is 182 Å². The van der Waals surface area contributed by atoms with Crippen LogP contribution in [0.25, 0.3) is 11.4 Å². The van der Waals surface area contributed by atoms with Gasteiger partial charge in [-0.1, -0.05) is 49.0 Å². The average Bonchev–Trinajstić information content (AvgIpc) is 3.21.